The molecule has 2 N–H and O–H groups in total. The summed E-state index contributed by atoms with van der Waals surface area (Å²) in [6, 6.07) is 0.194. The number of methoxy groups -OCH3 is 1. The largest absolute Gasteiger partial charge is 0.377 e. The van der Waals surface area contributed by atoms with Gasteiger partial charge in [0, 0.05) is 19.8 Å². The number of nitrogens with two attached hydrogens (primary N) is 1. The highest BCUT2D eigenvalue weighted by Gasteiger charge is 2.48. The molecule has 1 spiro atoms. The van der Waals surface area contributed by atoms with Crippen LogP contribution in [-0.4, -0.2) is 31.0 Å². The molecule has 2 unspecified atom stereocenters. The lowest BCUT2D eigenvalue weighted by Crippen LogP contribution is -2.58. The van der Waals surface area contributed by atoms with Gasteiger partial charge in [-0.05, 0) is 50.9 Å². The van der Waals surface area contributed by atoms with Crippen LogP contribution < -0.4 is 5.73 Å². The molecule has 19 heavy (non-hydrogen) atoms. The minimum absolute atomic E-state index is 0.0504. The first-order valence-electron chi connectivity index (χ1n) is 8.14. The molecular weight excluding hydrogens is 238 g/mol. The predicted molar refractivity (Wildman–Crippen MR) is 76.1 cm³/mol. The van der Waals surface area contributed by atoms with E-state index in [4.69, 9.17) is 15.2 Å². The summed E-state index contributed by atoms with van der Waals surface area (Å²) in [5, 5.41) is 0. The van der Waals surface area contributed by atoms with Crippen molar-refractivity contribution in [2.75, 3.05) is 13.7 Å². The van der Waals surface area contributed by atoms with Crippen LogP contribution in [-0.2, 0) is 9.47 Å². The molecule has 3 rings (SSSR count). The Bertz CT molecular complexity index is 308. The molecule has 2 atom stereocenters. The van der Waals surface area contributed by atoms with Gasteiger partial charge in [0.05, 0.1) is 11.2 Å². The third kappa shape index (κ3) is 2.45. The Kier molecular flexibility index (Phi) is 3.89. The Balaban J connectivity index is 1.69. The van der Waals surface area contributed by atoms with E-state index in [0.717, 1.165) is 25.9 Å². The Morgan fingerprint density at radius 2 is 1.84 bits per heavy atom. The first kappa shape index (κ1) is 13.8. The number of hydrogen-bond acceptors (Lipinski definition) is 3. The first-order valence-corrected chi connectivity index (χ1v) is 8.14. The monoisotopic (exact) mass is 267 g/mol. The zero-order chi connectivity index (χ0) is 13.3. The Morgan fingerprint density at radius 1 is 1.11 bits per heavy atom. The fourth-order valence-electron chi connectivity index (χ4n) is 4.55. The Morgan fingerprint density at radius 3 is 2.42 bits per heavy atom. The van der Waals surface area contributed by atoms with E-state index in [-0.39, 0.29) is 17.2 Å². The summed E-state index contributed by atoms with van der Waals surface area (Å²) in [5.41, 5.74) is 6.84. The van der Waals surface area contributed by atoms with Crippen LogP contribution in [0.3, 0.4) is 0 Å². The number of hydrogen-bond donors (Lipinski definition) is 1. The van der Waals surface area contributed by atoms with Crippen molar-refractivity contribution < 1.29 is 9.47 Å². The lowest BCUT2D eigenvalue weighted by molar-refractivity contribution is -0.160. The van der Waals surface area contributed by atoms with E-state index in [0.29, 0.717) is 5.92 Å². The summed E-state index contributed by atoms with van der Waals surface area (Å²) in [4.78, 5) is 0. The quantitative estimate of drug-likeness (QED) is 0.855. The van der Waals surface area contributed by atoms with E-state index < -0.39 is 0 Å². The molecule has 1 saturated heterocycles. The molecule has 0 amide bonds. The Labute approximate surface area is 117 Å². The van der Waals surface area contributed by atoms with Crippen LogP contribution in [0.15, 0.2) is 0 Å². The van der Waals surface area contributed by atoms with Crippen LogP contribution in [0.2, 0.25) is 0 Å². The van der Waals surface area contributed by atoms with Gasteiger partial charge >= 0.3 is 0 Å². The van der Waals surface area contributed by atoms with E-state index in [2.05, 4.69) is 0 Å². The molecular formula is C16H29NO2. The van der Waals surface area contributed by atoms with Gasteiger partial charge in [-0.2, -0.15) is 0 Å². The van der Waals surface area contributed by atoms with Crippen molar-refractivity contribution >= 4 is 0 Å². The lowest BCUT2D eigenvalue weighted by atomic mass is 9.66. The van der Waals surface area contributed by atoms with E-state index in [9.17, 15) is 0 Å². The molecule has 1 aliphatic heterocycles. The number of ether oxygens (including phenoxy) is 2. The summed E-state index contributed by atoms with van der Waals surface area (Å²) in [5.74, 6) is 0.590. The SMILES string of the molecule is COC1(C(N)C2CCOC3(CCC3)C2)CCCCC1. The van der Waals surface area contributed by atoms with Crippen molar-refractivity contribution in [3.8, 4) is 0 Å². The van der Waals surface area contributed by atoms with Crippen molar-refractivity contribution in [2.45, 2.75) is 81.5 Å². The molecule has 3 aliphatic rings. The second kappa shape index (κ2) is 5.34. The second-order valence-corrected chi connectivity index (χ2v) is 6.99. The van der Waals surface area contributed by atoms with E-state index in [1.165, 1.54) is 44.9 Å². The van der Waals surface area contributed by atoms with Gasteiger partial charge in [-0.1, -0.05) is 19.3 Å². The molecule has 110 valence electrons. The fourth-order valence-corrected chi connectivity index (χ4v) is 4.55. The van der Waals surface area contributed by atoms with E-state index in [1.54, 1.807) is 0 Å². The smallest absolute Gasteiger partial charge is 0.0831 e. The highest BCUT2D eigenvalue weighted by atomic mass is 16.5. The lowest BCUT2D eigenvalue weighted by Gasteiger charge is -2.51. The van der Waals surface area contributed by atoms with Gasteiger partial charge in [0.15, 0.2) is 0 Å². The maximum atomic E-state index is 6.69. The van der Waals surface area contributed by atoms with Gasteiger partial charge in [0.2, 0.25) is 0 Å². The molecule has 0 bridgehead atoms. The predicted octanol–water partition coefficient (Wildman–Crippen LogP) is 3.01. The van der Waals surface area contributed by atoms with Gasteiger partial charge in [-0.25, -0.2) is 0 Å². The van der Waals surface area contributed by atoms with Crippen molar-refractivity contribution in [3.05, 3.63) is 0 Å². The van der Waals surface area contributed by atoms with Crippen LogP contribution in [0.25, 0.3) is 0 Å². The van der Waals surface area contributed by atoms with Crippen LogP contribution >= 0.6 is 0 Å². The molecule has 0 aromatic carbocycles. The van der Waals surface area contributed by atoms with Gasteiger partial charge in [-0.15, -0.1) is 0 Å². The summed E-state index contributed by atoms with van der Waals surface area (Å²) >= 11 is 0. The van der Waals surface area contributed by atoms with Crippen LogP contribution in [0.1, 0.15) is 64.2 Å². The van der Waals surface area contributed by atoms with Crippen LogP contribution in [0.4, 0.5) is 0 Å². The third-order valence-electron chi connectivity index (χ3n) is 6.02. The maximum absolute atomic E-state index is 6.69. The highest BCUT2D eigenvalue weighted by molar-refractivity contribution is 5.02. The molecule has 1 heterocycles. The van der Waals surface area contributed by atoms with Crippen molar-refractivity contribution in [1.29, 1.82) is 0 Å². The maximum Gasteiger partial charge on any atom is 0.0831 e. The van der Waals surface area contributed by atoms with Gasteiger partial charge < -0.3 is 15.2 Å². The van der Waals surface area contributed by atoms with Crippen molar-refractivity contribution in [2.24, 2.45) is 11.7 Å². The Hall–Kier alpha value is -0.120. The average Bonchev–Trinajstić information content (AvgIpc) is 2.45. The topological polar surface area (TPSA) is 44.5 Å². The van der Waals surface area contributed by atoms with E-state index >= 15 is 0 Å². The molecule has 3 heteroatoms. The van der Waals surface area contributed by atoms with Crippen LogP contribution in [0.5, 0.6) is 0 Å². The molecule has 0 aromatic rings. The van der Waals surface area contributed by atoms with Gasteiger partial charge in [-0.3, -0.25) is 0 Å². The zero-order valence-electron chi connectivity index (χ0n) is 12.3. The minimum Gasteiger partial charge on any atom is -0.377 e. The summed E-state index contributed by atoms with van der Waals surface area (Å²) < 4.78 is 12.0. The molecule has 2 aliphatic carbocycles. The fraction of sp³-hybridized carbons (Fsp3) is 1.00. The zero-order valence-corrected chi connectivity index (χ0v) is 12.3. The normalized spacial score (nSPS) is 34.7. The molecule has 3 nitrogen and oxygen atoms in total. The minimum atomic E-state index is -0.0504. The second-order valence-electron chi connectivity index (χ2n) is 6.99. The third-order valence-corrected chi connectivity index (χ3v) is 6.02. The van der Waals surface area contributed by atoms with Crippen molar-refractivity contribution in [3.63, 3.8) is 0 Å². The molecule has 2 saturated carbocycles. The van der Waals surface area contributed by atoms with Gasteiger partial charge in [0.1, 0.15) is 0 Å². The highest BCUT2D eigenvalue weighted by Crippen LogP contribution is 2.47. The van der Waals surface area contributed by atoms with E-state index in [1.807, 2.05) is 7.11 Å². The standard InChI is InChI=1S/C16H29NO2/c1-18-16(9-3-2-4-10-16)14(17)13-6-11-19-15(12-13)7-5-8-15/h13-14H,2-12,17H2,1H3. The first-order chi connectivity index (χ1) is 9.20. The summed E-state index contributed by atoms with van der Waals surface area (Å²) in [6.45, 7) is 0.901. The number of rotatable bonds is 3. The average molecular weight is 267 g/mol. The summed E-state index contributed by atoms with van der Waals surface area (Å²) in [7, 11) is 1.86. The van der Waals surface area contributed by atoms with Gasteiger partial charge in [0.25, 0.3) is 0 Å². The summed E-state index contributed by atoms with van der Waals surface area (Å²) in [6.07, 6.45) is 12.3. The molecule has 0 radical (unpaired) electrons. The molecule has 0 aromatic heterocycles. The van der Waals surface area contributed by atoms with Crippen molar-refractivity contribution in [1.82, 2.24) is 0 Å². The molecule has 3 fully saturated rings. The van der Waals surface area contributed by atoms with Crippen LogP contribution in [0, 0.1) is 5.92 Å².